The van der Waals surface area contributed by atoms with Crippen molar-refractivity contribution < 1.29 is 14.2 Å². The van der Waals surface area contributed by atoms with Gasteiger partial charge in [-0.05, 0) is 44.2 Å². The third-order valence-corrected chi connectivity index (χ3v) is 4.43. The van der Waals surface area contributed by atoms with E-state index in [1.54, 1.807) is 0 Å². The normalized spacial score (nSPS) is 23.3. The van der Waals surface area contributed by atoms with Gasteiger partial charge < -0.3 is 25.3 Å². The molecule has 0 spiro atoms. The summed E-state index contributed by atoms with van der Waals surface area (Å²) in [6, 6.07) is 5.74. The number of halogens is 1. The van der Waals surface area contributed by atoms with E-state index in [0.29, 0.717) is 31.2 Å². The summed E-state index contributed by atoms with van der Waals surface area (Å²) in [4.78, 5) is 4.44. The van der Waals surface area contributed by atoms with Crippen LogP contribution >= 0.6 is 24.0 Å². The van der Waals surface area contributed by atoms with Gasteiger partial charge in [0.2, 0.25) is 0 Å². The average molecular weight is 461 g/mol. The molecule has 1 aromatic rings. The summed E-state index contributed by atoms with van der Waals surface area (Å²) in [6.45, 7) is 5.09. The number of ether oxygens (including phenoxy) is 3. The second-order valence-corrected chi connectivity index (χ2v) is 6.46. The largest absolute Gasteiger partial charge is 0.490 e. The van der Waals surface area contributed by atoms with Crippen molar-refractivity contribution in [1.29, 1.82) is 0 Å². The van der Waals surface area contributed by atoms with E-state index < -0.39 is 0 Å². The zero-order valence-electron chi connectivity index (χ0n) is 14.7. The SMILES string of the molecule is CC1CC(CCN=C(N)Nc2ccc3c(c2)OCCCO3)CCO1.I. The van der Waals surface area contributed by atoms with E-state index in [4.69, 9.17) is 19.9 Å². The van der Waals surface area contributed by atoms with Crippen molar-refractivity contribution in [1.82, 2.24) is 0 Å². The summed E-state index contributed by atoms with van der Waals surface area (Å²) in [7, 11) is 0. The van der Waals surface area contributed by atoms with E-state index in [0.717, 1.165) is 56.0 Å². The van der Waals surface area contributed by atoms with Gasteiger partial charge in [0.15, 0.2) is 17.5 Å². The van der Waals surface area contributed by atoms with Crippen LogP contribution in [0.1, 0.15) is 32.6 Å². The van der Waals surface area contributed by atoms with Crippen molar-refractivity contribution in [3.05, 3.63) is 18.2 Å². The van der Waals surface area contributed by atoms with E-state index in [1.807, 2.05) is 18.2 Å². The minimum absolute atomic E-state index is 0. The fourth-order valence-corrected chi connectivity index (χ4v) is 3.15. The Labute approximate surface area is 166 Å². The first-order chi connectivity index (χ1) is 11.7. The van der Waals surface area contributed by atoms with Crippen LogP contribution in [0.25, 0.3) is 0 Å². The molecule has 0 aromatic heterocycles. The molecule has 3 N–H and O–H groups in total. The summed E-state index contributed by atoms with van der Waals surface area (Å²) in [5.41, 5.74) is 6.86. The van der Waals surface area contributed by atoms with Crippen LogP contribution in [0.15, 0.2) is 23.2 Å². The molecule has 1 aromatic carbocycles. The number of hydrogen-bond acceptors (Lipinski definition) is 4. The first-order valence-electron chi connectivity index (χ1n) is 8.79. The molecule has 6 nitrogen and oxygen atoms in total. The topological polar surface area (TPSA) is 78.1 Å². The first-order valence-corrected chi connectivity index (χ1v) is 8.79. The number of rotatable bonds is 4. The predicted octanol–water partition coefficient (Wildman–Crippen LogP) is 3.40. The average Bonchev–Trinajstić information content (AvgIpc) is 2.80. The smallest absolute Gasteiger partial charge is 0.193 e. The maximum atomic E-state index is 6.00. The number of fused-ring (bicyclic) bond motifs is 1. The quantitative estimate of drug-likeness (QED) is 0.409. The third-order valence-electron chi connectivity index (χ3n) is 4.43. The number of aliphatic imine (C=N–C) groups is 1. The van der Waals surface area contributed by atoms with Crippen molar-refractivity contribution >= 4 is 35.6 Å². The Morgan fingerprint density at radius 3 is 2.84 bits per heavy atom. The molecule has 140 valence electrons. The van der Waals surface area contributed by atoms with Gasteiger partial charge in [-0.25, -0.2) is 0 Å². The number of anilines is 1. The summed E-state index contributed by atoms with van der Waals surface area (Å²) in [5.74, 6) is 2.65. The number of nitrogens with zero attached hydrogens (tertiary/aromatic N) is 1. The Hall–Kier alpha value is -1.22. The number of hydrogen-bond donors (Lipinski definition) is 2. The monoisotopic (exact) mass is 461 g/mol. The van der Waals surface area contributed by atoms with Crippen LogP contribution in [0.4, 0.5) is 5.69 Å². The molecule has 0 radical (unpaired) electrons. The van der Waals surface area contributed by atoms with Gasteiger partial charge in [0.05, 0.1) is 19.3 Å². The molecule has 0 amide bonds. The lowest BCUT2D eigenvalue weighted by molar-refractivity contribution is 0.00148. The second-order valence-electron chi connectivity index (χ2n) is 6.46. The van der Waals surface area contributed by atoms with Gasteiger partial charge in [0.25, 0.3) is 0 Å². The molecule has 0 bridgehead atoms. The van der Waals surface area contributed by atoms with Gasteiger partial charge in [-0.3, -0.25) is 4.99 Å². The van der Waals surface area contributed by atoms with Crippen molar-refractivity contribution in [2.75, 3.05) is 31.7 Å². The number of nitrogens with two attached hydrogens (primary N) is 1. The molecule has 3 rings (SSSR count). The zero-order valence-corrected chi connectivity index (χ0v) is 17.0. The highest BCUT2D eigenvalue weighted by Gasteiger charge is 2.18. The Kier molecular flexibility index (Phi) is 8.08. The predicted molar refractivity (Wildman–Crippen MR) is 110 cm³/mol. The summed E-state index contributed by atoms with van der Waals surface area (Å²) >= 11 is 0. The highest BCUT2D eigenvalue weighted by molar-refractivity contribution is 14.0. The van der Waals surface area contributed by atoms with Gasteiger partial charge in [-0.2, -0.15) is 0 Å². The molecule has 1 fully saturated rings. The highest BCUT2D eigenvalue weighted by atomic mass is 127. The van der Waals surface area contributed by atoms with Gasteiger partial charge in [0.1, 0.15) is 0 Å². The molecule has 2 heterocycles. The highest BCUT2D eigenvalue weighted by Crippen LogP contribution is 2.32. The number of benzene rings is 1. The van der Waals surface area contributed by atoms with Crippen LogP contribution in [0.2, 0.25) is 0 Å². The van der Waals surface area contributed by atoms with Gasteiger partial charge in [-0.15, -0.1) is 24.0 Å². The molecule has 0 saturated carbocycles. The van der Waals surface area contributed by atoms with E-state index in [2.05, 4.69) is 17.2 Å². The number of nitrogens with one attached hydrogen (secondary N) is 1. The molecular weight excluding hydrogens is 433 g/mol. The molecule has 2 aliphatic heterocycles. The molecule has 25 heavy (non-hydrogen) atoms. The van der Waals surface area contributed by atoms with E-state index in [-0.39, 0.29) is 24.0 Å². The Balaban J connectivity index is 0.00000225. The second kappa shape index (κ2) is 10.1. The van der Waals surface area contributed by atoms with Crippen molar-refractivity contribution in [2.45, 2.75) is 38.7 Å². The minimum atomic E-state index is 0. The lowest BCUT2D eigenvalue weighted by atomic mass is 9.93. The molecule has 1 saturated heterocycles. The van der Waals surface area contributed by atoms with Crippen LogP contribution in [0.3, 0.4) is 0 Å². The maximum absolute atomic E-state index is 6.00. The third kappa shape index (κ3) is 6.22. The fourth-order valence-electron chi connectivity index (χ4n) is 3.15. The molecular formula is C18H28IN3O3. The lowest BCUT2D eigenvalue weighted by Gasteiger charge is -2.26. The van der Waals surface area contributed by atoms with E-state index in [1.165, 1.54) is 0 Å². The molecule has 2 aliphatic rings. The molecule has 7 heteroatoms. The van der Waals surface area contributed by atoms with Crippen molar-refractivity contribution in [2.24, 2.45) is 16.6 Å². The Morgan fingerprint density at radius 2 is 2.04 bits per heavy atom. The molecule has 2 atom stereocenters. The summed E-state index contributed by atoms with van der Waals surface area (Å²) < 4.78 is 16.9. The summed E-state index contributed by atoms with van der Waals surface area (Å²) in [5, 5.41) is 3.13. The Bertz CT molecular complexity index is 583. The van der Waals surface area contributed by atoms with Crippen LogP contribution in [0, 0.1) is 5.92 Å². The van der Waals surface area contributed by atoms with Gasteiger partial charge in [-0.1, -0.05) is 0 Å². The van der Waals surface area contributed by atoms with Gasteiger partial charge in [0, 0.05) is 31.3 Å². The van der Waals surface area contributed by atoms with Crippen LogP contribution in [-0.4, -0.2) is 38.4 Å². The van der Waals surface area contributed by atoms with Crippen LogP contribution < -0.4 is 20.5 Å². The number of guanidine groups is 1. The maximum Gasteiger partial charge on any atom is 0.193 e. The van der Waals surface area contributed by atoms with Gasteiger partial charge >= 0.3 is 0 Å². The van der Waals surface area contributed by atoms with Crippen LogP contribution in [-0.2, 0) is 4.74 Å². The lowest BCUT2D eigenvalue weighted by Crippen LogP contribution is -2.25. The standard InChI is InChI=1S/C18H27N3O3.HI/c1-13-11-14(6-10-22-13)5-7-20-18(19)21-15-3-4-16-17(12-15)24-9-2-8-23-16;/h3-4,12-14H,2,5-11H2,1H3,(H3,19,20,21);1H. The fraction of sp³-hybridized carbons (Fsp3) is 0.611. The molecule has 2 unspecified atom stereocenters. The zero-order chi connectivity index (χ0) is 16.8. The van der Waals surface area contributed by atoms with Crippen molar-refractivity contribution in [3.8, 4) is 11.5 Å². The first kappa shape index (κ1) is 20.1. The molecule has 0 aliphatic carbocycles. The minimum Gasteiger partial charge on any atom is -0.490 e. The Morgan fingerprint density at radius 1 is 1.24 bits per heavy atom. The van der Waals surface area contributed by atoms with E-state index >= 15 is 0 Å². The van der Waals surface area contributed by atoms with Crippen molar-refractivity contribution in [3.63, 3.8) is 0 Å². The van der Waals surface area contributed by atoms with E-state index in [9.17, 15) is 0 Å². The van der Waals surface area contributed by atoms with Crippen LogP contribution in [0.5, 0.6) is 11.5 Å². The summed E-state index contributed by atoms with van der Waals surface area (Å²) in [6.07, 6.45) is 4.55.